The summed E-state index contributed by atoms with van der Waals surface area (Å²) in [5, 5.41) is 0. The normalized spacial score (nSPS) is 14.2. The number of methoxy groups -OCH3 is 1. The van der Waals surface area contributed by atoms with Crippen LogP contribution in [0.25, 0.3) is 6.08 Å². The molecule has 1 heterocycles. The summed E-state index contributed by atoms with van der Waals surface area (Å²) in [4.78, 5) is 0. The van der Waals surface area contributed by atoms with Crippen LogP contribution in [-0.4, -0.2) is 13.7 Å². The van der Waals surface area contributed by atoms with Crippen molar-refractivity contribution in [1.82, 2.24) is 0 Å². The molecule has 2 nitrogen and oxygen atoms in total. The Hall–Kier alpha value is -1.44. The van der Waals surface area contributed by atoms with Crippen LogP contribution in [0.4, 0.5) is 0 Å². The van der Waals surface area contributed by atoms with E-state index in [1.165, 1.54) is 0 Å². The van der Waals surface area contributed by atoms with Crippen molar-refractivity contribution in [2.75, 3.05) is 13.7 Å². The highest BCUT2D eigenvalue weighted by molar-refractivity contribution is 5.59. The van der Waals surface area contributed by atoms with Gasteiger partial charge in [0.1, 0.15) is 11.5 Å². The number of fused-ring (bicyclic) bond motifs is 1. The molecule has 68 valence electrons. The second-order valence-corrected chi connectivity index (χ2v) is 2.94. The molecule has 0 N–H and O–H groups in total. The van der Waals surface area contributed by atoms with Crippen LogP contribution in [0, 0.1) is 0 Å². The first-order valence-corrected chi connectivity index (χ1v) is 4.37. The van der Waals surface area contributed by atoms with Gasteiger partial charge in [-0.05, 0) is 18.6 Å². The van der Waals surface area contributed by atoms with E-state index in [4.69, 9.17) is 9.47 Å². The van der Waals surface area contributed by atoms with Crippen molar-refractivity contribution in [3.8, 4) is 11.5 Å². The highest BCUT2D eigenvalue weighted by Crippen LogP contribution is 2.27. The molecular weight excluding hydrogens is 164 g/mol. The fraction of sp³-hybridized carbons (Fsp3) is 0.273. The quantitative estimate of drug-likeness (QED) is 0.654. The first kappa shape index (κ1) is 8.17. The lowest BCUT2D eigenvalue weighted by atomic mass is 10.2. The van der Waals surface area contributed by atoms with Gasteiger partial charge in [0.2, 0.25) is 0 Å². The van der Waals surface area contributed by atoms with E-state index in [2.05, 4.69) is 12.2 Å². The molecule has 0 amide bonds. The van der Waals surface area contributed by atoms with Crippen LogP contribution in [0.5, 0.6) is 11.5 Å². The lowest BCUT2D eigenvalue weighted by Crippen LogP contribution is -1.95. The Morgan fingerprint density at radius 2 is 2.31 bits per heavy atom. The zero-order chi connectivity index (χ0) is 9.10. The van der Waals surface area contributed by atoms with E-state index in [-0.39, 0.29) is 0 Å². The van der Waals surface area contributed by atoms with Gasteiger partial charge in [-0.1, -0.05) is 12.2 Å². The van der Waals surface area contributed by atoms with E-state index in [1.54, 1.807) is 7.11 Å². The van der Waals surface area contributed by atoms with Gasteiger partial charge in [0.05, 0.1) is 13.7 Å². The third-order valence-corrected chi connectivity index (χ3v) is 2.06. The Bertz CT molecular complexity index is 329. The summed E-state index contributed by atoms with van der Waals surface area (Å²) in [5.74, 6) is 1.75. The van der Waals surface area contributed by atoms with Crippen LogP contribution in [0.1, 0.15) is 12.0 Å². The van der Waals surface area contributed by atoms with Crippen molar-refractivity contribution in [2.45, 2.75) is 6.42 Å². The smallest absolute Gasteiger partial charge is 0.130 e. The minimum Gasteiger partial charge on any atom is -0.497 e. The Balaban J connectivity index is 2.40. The van der Waals surface area contributed by atoms with Crippen molar-refractivity contribution in [1.29, 1.82) is 0 Å². The van der Waals surface area contributed by atoms with Gasteiger partial charge in [0.25, 0.3) is 0 Å². The summed E-state index contributed by atoms with van der Waals surface area (Å²) in [7, 11) is 1.66. The Morgan fingerprint density at radius 3 is 3.15 bits per heavy atom. The van der Waals surface area contributed by atoms with Crippen LogP contribution in [0.15, 0.2) is 24.3 Å². The molecule has 0 saturated heterocycles. The largest absolute Gasteiger partial charge is 0.497 e. The predicted octanol–water partition coefficient (Wildman–Crippen LogP) is 2.49. The van der Waals surface area contributed by atoms with Crippen molar-refractivity contribution in [3.05, 3.63) is 29.8 Å². The summed E-state index contributed by atoms with van der Waals surface area (Å²) < 4.78 is 10.7. The second kappa shape index (κ2) is 3.52. The maximum Gasteiger partial charge on any atom is 0.130 e. The first-order chi connectivity index (χ1) is 6.40. The summed E-state index contributed by atoms with van der Waals surface area (Å²) in [6.45, 7) is 0.747. The first-order valence-electron chi connectivity index (χ1n) is 4.37. The molecule has 0 atom stereocenters. The topological polar surface area (TPSA) is 18.5 Å². The Morgan fingerprint density at radius 1 is 1.38 bits per heavy atom. The highest BCUT2D eigenvalue weighted by Gasteiger charge is 2.05. The minimum atomic E-state index is 0.747. The summed E-state index contributed by atoms with van der Waals surface area (Å²) in [6.07, 6.45) is 5.18. The fourth-order valence-electron chi connectivity index (χ4n) is 1.35. The number of hydrogen-bond donors (Lipinski definition) is 0. The molecular formula is C11H12O2. The molecule has 1 aromatic rings. The number of benzene rings is 1. The summed E-state index contributed by atoms with van der Waals surface area (Å²) >= 11 is 0. The standard InChI is InChI=1S/C11H12O2/c1-12-10-6-5-9-4-2-3-7-13-11(9)8-10/h2,4-6,8H,3,7H2,1H3. The Kier molecular flexibility index (Phi) is 2.21. The number of rotatable bonds is 1. The van der Waals surface area contributed by atoms with Gasteiger partial charge in [-0.2, -0.15) is 0 Å². The van der Waals surface area contributed by atoms with Crippen LogP contribution < -0.4 is 9.47 Å². The monoisotopic (exact) mass is 176 g/mol. The van der Waals surface area contributed by atoms with Crippen molar-refractivity contribution in [2.24, 2.45) is 0 Å². The third-order valence-electron chi connectivity index (χ3n) is 2.06. The predicted molar refractivity (Wildman–Crippen MR) is 52.1 cm³/mol. The maximum atomic E-state index is 5.55. The van der Waals surface area contributed by atoms with Crippen LogP contribution >= 0.6 is 0 Å². The molecule has 0 spiro atoms. The van der Waals surface area contributed by atoms with Gasteiger partial charge < -0.3 is 9.47 Å². The molecule has 0 unspecified atom stereocenters. The molecule has 2 heteroatoms. The molecule has 0 bridgehead atoms. The lowest BCUT2D eigenvalue weighted by Gasteiger charge is -2.07. The second-order valence-electron chi connectivity index (χ2n) is 2.94. The molecule has 0 radical (unpaired) electrons. The van der Waals surface area contributed by atoms with Gasteiger partial charge in [-0.15, -0.1) is 0 Å². The van der Waals surface area contributed by atoms with E-state index < -0.39 is 0 Å². The zero-order valence-electron chi connectivity index (χ0n) is 7.62. The highest BCUT2D eigenvalue weighted by atomic mass is 16.5. The number of ether oxygens (including phenoxy) is 2. The summed E-state index contributed by atoms with van der Waals surface area (Å²) in [5.41, 5.74) is 1.12. The molecule has 0 saturated carbocycles. The van der Waals surface area contributed by atoms with Crippen LogP contribution in [0.3, 0.4) is 0 Å². The molecule has 1 aliphatic heterocycles. The molecule has 0 aromatic heterocycles. The minimum absolute atomic E-state index is 0.747. The summed E-state index contributed by atoms with van der Waals surface area (Å²) in [6, 6.07) is 5.87. The van der Waals surface area contributed by atoms with E-state index in [0.29, 0.717) is 0 Å². The Labute approximate surface area is 77.8 Å². The van der Waals surface area contributed by atoms with Gasteiger partial charge in [0, 0.05) is 11.6 Å². The SMILES string of the molecule is COc1ccc2c(c1)OCCC=C2. The van der Waals surface area contributed by atoms with Gasteiger partial charge in [-0.3, -0.25) is 0 Å². The fourth-order valence-corrected chi connectivity index (χ4v) is 1.35. The number of hydrogen-bond acceptors (Lipinski definition) is 2. The van der Waals surface area contributed by atoms with E-state index in [1.807, 2.05) is 18.2 Å². The third kappa shape index (κ3) is 1.66. The zero-order valence-corrected chi connectivity index (χ0v) is 7.62. The van der Waals surface area contributed by atoms with E-state index in [9.17, 15) is 0 Å². The van der Waals surface area contributed by atoms with Gasteiger partial charge >= 0.3 is 0 Å². The molecule has 0 aliphatic carbocycles. The van der Waals surface area contributed by atoms with E-state index in [0.717, 1.165) is 30.1 Å². The van der Waals surface area contributed by atoms with Gasteiger partial charge in [0.15, 0.2) is 0 Å². The average Bonchev–Trinajstić information content (AvgIpc) is 2.41. The van der Waals surface area contributed by atoms with Crippen molar-refractivity contribution >= 4 is 6.08 Å². The molecule has 2 rings (SSSR count). The lowest BCUT2D eigenvalue weighted by molar-refractivity contribution is 0.323. The molecule has 13 heavy (non-hydrogen) atoms. The molecule has 1 aliphatic rings. The van der Waals surface area contributed by atoms with Crippen LogP contribution in [-0.2, 0) is 0 Å². The molecule has 1 aromatic carbocycles. The van der Waals surface area contributed by atoms with Crippen LogP contribution in [0.2, 0.25) is 0 Å². The van der Waals surface area contributed by atoms with Gasteiger partial charge in [-0.25, -0.2) is 0 Å². The van der Waals surface area contributed by atoms with E-state index >= 15 is 0 Å². The van der Waals surface area contributed by atoms with Crippen molar-refractivity contribution in [3.63, 3.8) is 0 Å². The average molecular weight is 176 g/mol. The van der Waals surface area contributed by atoms with Crippen molar-refractivity contribution < 1.29 is 9.47 Å². The maximum absolute atomic E-state index is 5.55. The molecule has 0 fully saturated rings.